The maximum atomic E-state index is 12.3. The van der Waals surface area contributed by atoms with Gasteiger partial charge in [-0.25, -0.2) is 4.98 Å². The Bertz CT molecular complexity index is 468. The number of nitrogens with two attached hydrogens (primary N) is 1. The minimum absolute atomic E-state index is 0.0944. The Morgan fingerprint density at radius 1 is 1.43 bits per heavy atom. The van der Waals surface area contributed by atoms with Gasteiger partial charge in [0.1, 0.15) is 10.7 Å². The van der Waals surface area contributed by atoms with Crippen LogP contribution < -0.4 is 16.4 Å². The van der Waals surface area contributed by atoms with E-state index >= 15 is 0 Å². The van der Waals surface area contributed by atoms with Crippen LogP contribution in [0.25, 0.3) is 0 Å². The molecule has 6 nitrogen and oxygen atoms in total. The number of thiazole rings is 1. The molecule has 1 aliphatic heterocycles. The SMILES string of the molecule is CCCN1CCC(NC(=O)c2sc(NCC)nc2N)CC1. The van der Waals surface area contributed by atoms with E-state index < -0.39 is 0 Å². The van der Waals surface area contributed by atoms with Gasteiger partial charge in [-0.2, -0.15) is 0 Å². The summed E-state index contributed by atoms with van der Waals surface area (Å²) in [6.07, 6.45) is 3.19. The molecule has 1 amide bonds. The van der Waals surface area contributed by atoms with Crippen molar-refractivity contribution in [3.05, 3.63) is 4.88 Å². The van der Waals surface area contributed by atoms with Crippen LogP contribution in [0.4, 0.5) is 10.9 Å². The van der Waals surface area contributed by atoms with Crippen molar-refractivity contribution in [1.29, 1.82) is 0 Å². The fourth-order valence-corrected chi connectivity index (χ4v) is 3.45. The summed E-state index contributed by atoms with van der Waals surface area (Å²) in [4.78, 5) is 19.4. The second-order valence-electron chi connectivity index (χ2n) is 5.35. The van der Waals surface area contributed by atoms with Gasteiger partial charge in [-0.1, -0.05) is 18.3 Å². The third kappa shape index (κ3) is 4.31. The molecule has 1 aliphatic rings. The third-order valence-corrected chi connectivity index (χ3v) is 4.68. The molecule has 0 aliphatic carbocycles. The van der Waals surface area contributed by atoms with Crippen LogP contribution in [0, 0.1) is 0 Å². The average Bonchev–Trinajstić information content (AvgIpc) is 2.83. The fourth-order valence-electron chi connectivity index (χ4n) is 2.59. The smallest absolute Gasteiger partial charge is 0.265 e. The molecule has 0 radical (unpaired) electrons. The molecule has 1 aromatic heterocycles. The van der Waals surface area contributed by atoms with E-state index in [0.717, 1.165) is 39.0 Å². The summed E-state index contributed by atoms with van der Waals surface area (Å²) in [7, 11) is 0. The van der Waals surface area contributed by atoms with E-state index in [1.54, 1.807) is 0 Å². The zero-order valence-corrected chi connectivity index (χ0v) is 13.6. The Kier molecular flexibility index (Phi) is 5.81. The lowest BCUT2D eigenvalue weighted by Crippen LogP contribution is -2.44. The highest BCUT2D eigenvalue weighted by atomic mass is 32.1. The lowest BCUT2D eigenvalue weighted by molar-refractivity contribution is 0.0916. The monoisotopic (exact) mass is 311 g/mol. The van der Waals surface area contributed by atoms with Crippen molar-refractivity contribution in [3.8, 4) is 0 Å². The molecular weight excluding hydrogens is 286 g/mol. The predicted octanol–water partition coefficient (Wildman–Crippen LogP) is 1.76. The highest BCUT2D eigenvalue weighted by Gasteiger charge is 2.23. The zero-order valence-electron chi connectivity index (χ0n) is 12.8. The molecule has 0 aromatic carbocycles. The standard InChI is InChI=1S/C14H25N5OS/c1-3-7-19-8-5-10(6-9-19)17-13(20)11-12(15)18-14(21-11)16-4-2/h10H,3-9,15H2,1-2H3,(H,16,18)(H,17,20). The lowest BCUT2D eigenvalue weighted by atomic mass is 10.0. The average molecular weight is 311 g/mol. The maximum absolute atomic E-state index is 12.3. The van der Waals surface area contributed by atoms with Crippen LogP contribution in [0.15, 0.2) is 0 Å². The number of likely N-dealkylation sites (tertiary alicyclic amines) is 1. The highest BCUT2D eigenvalue weighted by Crippen LogP contribution is 2.25. The molecule has 21 heavy (non-hydrogen) atoms. The minimum Gasteiger partial charge on any atom is -0.382 e. The Balaban J connectivity index is 1.87. The fraction of sp³-hybridized carbons (Fsp3) is 0.714. The molecule has 0 spiro atoms. The molecule has 2 rings (SSSR count). The molecule has 1 saturated heterocycles. The van der Waals surface area contributed by atoms with Gasteiger partial charge in [0.15, 0.2) is 5.13 Å². The van der Waals surface area contributed by atoms with Gasteiger partial charge < -0.3 is 21.3 Å². The van der Waals surface area contributed by atoms with Crippen molar-refractivity contribution in [1.82, 2.24) is 15.2 Å². The van der Waals surface area contributed by atoms with E-state index in [1.807, 2.05) is 6.92 Å². The van der Waals surface area contributed by atoms with Gasteiger partial charge in [0.25, 0.3) is 5.91 Å². The van der Waals surface area contributed by atoms with Crippen molar-refractivity contribution in [2.24, 2.45) is 0 Å². The molecule has 7 heteroatoms. The summed E-state index contributed by atoms with van der Waals surface area (Å²) >= 11 is 1.32. The lowest BCUT2D eigenvalue weighted by Gasteiger charge is -2.31. The number of amides is 1. The number of hydrogen-bond acceptors (Lipinski definition) is 6. The molecule has 2 heterocycles. The topological polar surface area (TPSA) is 83.3 Å². The highest BCUT2D eigenvalue weighted by molar-refractivity contribution is 7.18. The predicted molar refractivity (Wildman–Crippen MR) is 87.9 cm³/mol. The molecule has 0 unspecified atom stereocenters. The van der Waals surface area contributed by atoms with Crippen LogP contribution in [0.3, 0.4) is 0 Å². The second-order valence-corrected chi connectivity index (χ2v) is 6.35. The van der Waals surface area contributed by atoms with Crippen molar-refractivity contribution in [3.63, 3.8) is 0 Å². The van der Waals surface area contributed by atoms with Gasteiger partial charge >= 0.3 is 0 Å². The number of nitrogens with one attached hydrogen (secondary N) is 2. The van der Waals surface area contributed by atoms with E-state index in [1.165, 1.54) is 17.8 Å². The molecule has 1 aromatic rings. The summed E-state index contributed by atoms with van der Waals surface area (Å²) in [5.41, 5.74) is 5.83. The summed E-state index contributed by atoms with van der Waals surface area (Å²) in [6, 6.07) is 0.245. The summed E-state index contributed by atoms with van der Waals surface area (Å²) in [5, 5.41) is 6.89. The number of nitrogens with zero attached hydrogens (tertiary/aromatic N) is 2. The maximum Gasteiger partial charge on any atom is 0.265 e. The summed E-state index contributed by atoms with van der Waals surface area (Å²) in [6.45, 7) is 8.21. The van der Waals surface area contributed by atoms with Crippen molar-refractivity contribution >= 4 is 28.2 Å². The van der Waals surface area contributed by atoms with Gasteiger partial charge in [0, 0.05) is 25.7 Å². The number of hydrogen-bond donors (Lipinski definition) is 3. The van der Waals surface area contributed by atoms with Gasteiger partial charge in [-0.3, -0.25) is 4.79 Å². The van der Waals surface area contributed by atoms with Crippen LogP contribution in [0.1, 0.15) is 42.8 Å². The number of carbonyl (C=O) groups is 1. The Labute approximate surface area is 130 Å². The first-order valence-corrected chi connectivity index (χ1v) is 8.49. The van der Waals surface area contributed by atoms with Crippen molar-refractivity contribution < 1.29 is 4.79 Å². The normalized spacial score (nSPS) is 16.9. The Morgan fingerprint density at radius 3 is 2.76 bits per heavy atom. The quantitative estimate of drug-likeness (QED) is 0.745. The van der Waals surface area contributed by atoms with E-state index in [2.05, 4.69) is 27.4 Å². The third-order valence-electron chi connectivity index (χ3n) is 3.65. The molecule has 0 atom stereocenters. The minimum atomic E-state index is -0.0944. The van der Waals surface area contributed by atoms with Crippen LogP contribution in [0.2, 0.25) is 0 Å². The number of aromatic nitrogens is 1. The Morgan fingerprint density at radius 2 is 2.14 bits per heavy atom. The first-order chi connectivity index (χ1) is 10.1. The van der Waals surface area contributed by atoms with Crippen molar-refractivity contribution in [2.75, 3.05) is 37.2 Å². The van der Waals surface area contributed by atoms with E-state index in [9.17, 15) is 4.79 Å². The number of piperidine rings is 1. The van der Waals surface area contributed by atoms with Gasteiger partial charge in [0.2, 0.25) is 0 Å². The number of carbonyl (C=O) groups excluding carboxylic acids is 1. The number of nitrogen functional groups attached to an aromatic ring is 1. The van der Waals surface area contributed by atoms with Crippen LogP contribution in [-0.2, 0) is 0 Å². The first kappa shape index (κ1) is 16.0. The van der Waals surface area contributed by atoms with Crippen LogP contribution in [-0.4, -0.2) is 48.0 Å². The molecule has 0 saturated carbocycles. The van der Waals surface area contributed by atoms with Crippen LogP contribution >= 0.6 is 11.3 Å². The summed E-state index contributed by atoms with van der Waals surface area (Å²) < 4.78 is 0. The molecule has 4 N–H and O–H groups in total. The van der Waals surface area contributed by atoms with Gasteiger partial charge in [-0.05, 0) is 32.7 Å². The van der Waals surface area contributed by atoms with E-state index in [0.29, 0.717) is 15.8 Å². The number of anilines is 2. The molecule has 1 fully saturated rings. The zero-order chi connectivity index (χ0) is 15.2. The van der Waals surface area contributed by atoms with Crippen molar-refractivity contribution in [2.45, 2.75) is 39.2 Å². The molecule has 0 bridgehead atoms. The van der Waals surface area contributed by atoms with Crippen LogP contribution in [0.5, 0.6) is 0 Å². The van der Waals surface area contributed by atoms with Gasteiger partial charge in [-0.15, -0.1) is 0 Å². The van der Waals surface area contributed by atoms with E-state index in [4.69, 9.17) is 5.73 Å². The van der Waals surface area contributed by atoms with Gasteiger partial charge in [0.05, 0.1) is 0 Å². The first-order valence-electron chi connectivity index (χ1n) is 7.67. The second kappa shape index (κ2) is 7.61. The summed E-state index contributed by atoms with van der Waals surface area (Å²) in [5.74, 6) is 0.222. The molecular formula is C14H25N5OS. The molecule has 118 valence electrons. The Hall–Kier alpha value is -1.34. The van der Waals surface area contributed by atoms with E-state index in [-0.39, 0.29) is 11.9 Å². The number of rotatable bonds is 6. The largest absolute Gasteiger partial charge is 0.382 e.